The summed E-state index contributed by atoms with van der Waals surface area (Å²) in [7, 11) is 3.70. The summed E-state index contributed by atoms with van der Waals surface area (Å²) < 4.78 is 7.39. The average Bonchev–Trinajstić information content (AvgIpc) is 2.71. The minimum absolute atomic E-state index is 0.204. The van der Waals surface area contributed by atoms with Crippen molar-refractivity contribution in [2.45, 2.75) is 39.8 Å². The van der Waals surface area contributed by atoms with Gasteiger partial charge >= 0.3 is 0 Å². The van der Waals surface area contributed by atoms with Gasteiger partial charge in [0.1, 0.15) is 5.75 Å². The van der Waals surface area contributed by atoms with Crippen LogP contribution in [0.5, 0.6) is 5.75 Å². The number of ether oxygens (including phenoxy) is 1. The van der Waals surface area contributed by atoms with Crippen molar-refractivity contribution >= 4 is 0 Å². The molecule has 0 aliphatic carbocycles. The Hall–Kier alpha value is -1.81. The molecule has 21 heavy (non-hydrogen) atoms. The molecule has 1 aromatic carbocycles. The molecule has 2 rings (SSSR count). The molecule has 1 N–H and O–H groups in total. The molecular formula is C17H25N3O. The molecule has 0 aliphatic rings. The van der Waals surface area contributed by atoms with Crippen LogP contribution in [0.15, 0.2) is 24.3 Å². The molecule has 0 spiro atoms. The summed E-state index contributed by atoms with van der Waals surface area (Å²) in [5, 5.41) is 8.15. The largest absolute Gasteiger partial charge is 0.496 e. The lowest BCUT2D eigenvalue weighted by Gasteiger charge is -2.22. The summed E-state index contributed by atoms with van der Waals surface area (Å²) in [6.45, 7) is 8.52. The van der Waals surface area contributed by atoms with E-state index in [9.17, 15) is 0 Å². The number of nitrogens with one attached hydrogen (secondary N) is 1. The van der Waals surface area contributed by atoms with E-state index in [4.69, 9.17) is 4.74 Å². The van der Waals surface area contributed by atoms with Gasteiger partial charge in [-0.3, -0.25) is 4.68 Å². The van der Waals surface area contributed by atoms with Crippen molar-refractivity contribution in [1.82, 2.24) is 15.1 Å². The normalized spacial score (nSPS) is 14.0. The van der Waals surface area contributed by atoms with Gasteiger partial charge in [-0.25, -0.2) is 0 Å². The second-order valence-corrected chi connectivity index (χ2v) is 5.56. The lowest BCUT2D eigenvalue weighted by atomic mass is 10.0. The number of benzene rings is 1. The highest BCUT2D eigenvalue weighted by Crippen LogP contribution is 2.28. The van der Waals surface area contributed by atoms with Crippen molar-refractivity contribution in [3.05, 3.63) is 46.8 Å². The molecule has 114 valence electrons. The van der Waals surface area contributed by atoms with Crippen molar-refractivity contribution in [1.29, 1.82) is 0 Å². The monoisotopic (exact) mass is 287 g/mol. The van der Waals surface area contributed by atoms with Crippen molar-refractivity contribution in [2.75, 3.05) is 7.11 Å². The Balaban J connectivity index is 2.21. The number of para-hydroxylation sites is 1. The predicted molar refractivity (Wildman–Crippen MR) is 85.6 cm³/mol. The zero-order chi connectivity index (χ0) is 15.6. The van der Waals surface area contributed by atoms with E-state index in [0.717, 1.165) is 11.4 Å². The van der Waals surface area contributed by atoms with Crippen LogP contribution in [0.1, 0.15) is 48.4 Å². The Bertz CT molecular complexity index is 618. The summed E-state index contributed by atoms with van der Waals surface area (Å²) in [6.07, 6.45) is 0. The van der Waals surface area contributed by atoms with Gasteiger partial charge in [0.15, 0.2) is 0 Å². The molecule has 0 bridgehead atoms. The third kappa shape index (κ3) is 3.10. The molecule has 2 aromatic rings. The smallest absolute Gasteiger partial charge is 0.123 e. The van der Waals surface area contributed by atoms with Gasteiger partial charge in [-0.1, -0.05) is 18.2 Å². The fourth-order valence-corrected chi connectivity index (χ4v) is 2.99. The SMILES string of the molecule is COc1ccccc1[C@@H](C)NC(C)c1c(C)nn(C)c1C. The zero-order valence-corrected chi connectivity index (χ0v) is 13.8. The lowest BCUT2D eigenvalue weighted by Crippen LogP contribution is -2.23. The number of nitrogens with zero attached hydrogens (tertiary/aromatic N) is 2. The highest BCUT2D eigenvalue weighted by molar-refractivity contribution is 5.36. The molecule has 1 heterocycles. The van der Waals surface area contributed by atoms with Crippen LogP contribution < -0.4 is 10.1 Å². The lowest BCUT2D eigenvalue weighted by molar-refractivity contribution is 0.396. The van der Waals surface area contributed by atoms with Crippen molar-refractivity contribution in [3.63, 3.8) is 0 Å². The maximum atomic E-state index is 5.45. The number of hydrogen-bond donors (Lipinski definition) is 1. The molecular weight excluding hydrogens is 262 g/mol. The molecule has 0 aliphatic heterocycles. The van der Waals surface area contributed by atoms with Crippen LogP contribution in [0.3, 0.4) is 0 Å². The quantitative estimate of drug-likeness (QED) is 0.915. The number of aryl methyl sites for hydroxylation is 2. The fourth-order valence-electron chi connectivity index (χ4n) is 2.99. The predicted octanol–water partition coefficient (Wildman–Crippen LogP) is 3.46. The number of hydrogen-bond acceptors (Lipinski definition) is 3. The van der Waals surface area contributed by atoms with E-state index < -0.39 is 0 Å². The summed E-state index contributed by atoms with van der Waals surface area (Å²) in [4.78, 5) is 0. The van der Waals surface area contributed by atoms with Crippen LogP contribution in [-0.2, 0) is 7.05 Å². The Labute approximate surface area is 127 Å². The molecule has 2 atom stereocenters. The average molecular weight is 287 g/mol. The standard InChI is InChI=1S/C17H25N3O/c1-11(15-9-7-8-10-16(15)21-6)18-12(2)17-13(3)19-20(5)14(17)4/h7-12,18H,1-6H3/t11-,12?/m1/s1. The molecule has 0 saturated heterocycles. The van der Waals surface area contributed by atoms with E-state index in [1.807, 2.05) is 29.9 Å². The second kappa shape index (κ2) is 6.31. The molecule has 0 radical (unpaired) electrons. The minimum atomic E-state index is 0.204. The molecule has 0 saturated carbocycles. The van der Waals surface area contributed by atoms with E-state index in [1.165, 1.54) is 16.8 Å². The Morgan fingerprint density at radius 2 is 1.81 bits per heavy atom. The van der Waals surface area contributed by atoms with Crippen LogP contribution in [0, 0.1) is 13.8 Å². The first-order chi connectivity index (χ1) is 9.95. The van der Waals surface area contributed by atoms with Crippen molar-refractivity contribution < 1.29 is 4.74 Å². The second-order valence-electron chi connectivity index (χ2n) is 5.56. The number of aromatic nitrogens is 2. The fraction of sp³-hybridized carbons (Fsp3) is 0.471. The van der Waals surface area contributed by atoms with Gasteiger partial charge < -0.3 is 10.1 Å². The van der Waals surface area contributed by atoms with Gasteiger partial charge in [0.2, 0.25) is 0 Å². The van der Waals surface area contributed by atoms with E-state index in [0.29, 0.717) is 0 Å². The molecule has 1 unspecified atom stereocenters. The van der Waals surface area contributed by atoms with Gasteiger partial charge in [0, 0.05) is 36.0 Å². The van der Waals surface area contributed by atoms with E-state index in [-0.39, 0.29) is 12.1 Å². The van der Waals surface area contributed by atoms with Gasteiger partial charge in [0.25, 0.3) is 0 Å². The van der Waals surface area contributed by atoms with E-state index in [2.05, 4.69) is 44.2 Å². The Morgan fingerprint density at radius 1 is 1.14 bits per heavy atom. The Kier molecular flexibility index (Phi) is 4.68. The summed E-state index contributed by atoms with van der Waals surface area (Å²) in [5.74, 6) is 0.921. The molecule has 1 aromatic heterocycles. The summed E-state index contributed by atoms with van der Waals surface area (Å²) >= 11 is 0. The summed E-state index contributed by atoms with van der Waals surface area (Å²) in [6, 6.07) is 8.58. The molecule has 0 fully saturated rings. The van der Waals surface area contributed by atoms with Crippen LogP contribution in [0.4, 0.5) is 0 Å². The zero-order valence-electron chi connectivity index (χ0n) is 13.8. The van der Waals surface area contributed by atoms with Crippen LogP contribution >= 0.6 is 0 Å². The molecule has 4 heteroatoms. The van der Waals surface area contributed by atoms with Gasteiger partial charge in [-0.2, -0.15) is 5.10 Å². The first-order valence-corrected chi connectivity index (χ1v) is 7.34. The third-order valence-corrected chi connectivity index (χ3v) is 4.10. The maximum absolute atomic E-state index is 5.45. The first kappa shape index (κ1) is 15.6. The van der Waals surface area contributed by atoms with Crippen LogP contribution in [-0.4, -0.2) is 16.9 Å². The van der Waals surface area contributed by atoms with Crippen LogP contribution in [0.2, 0.25) is 0 Å². The van der Waals surface area contributed by atoms with E-state index >= 15 is 0 Å². The highest BCUT2D eigenvalue weighted by Gasteiger charge is 2.19. The maximum Gasteiger partial charge on any atom is 0.123 e. The summed E-state index contributed by atoms with van der Waals surface area (Å²) in [5.41, 5.74) is 4.74. The number of rotatable bonds is 5. The van der Waals surface area contributed by atoms with Crippen molar-refractivity contribution in [3.8, 4) is 5.75 Å². The molecule has 0 amide bonds. The topological polar surface area (TPSA) is 39.1 Å². The van der Waals surface area contributed by atoms with E-state index in [1.54, 1.807) is 7.11 Å². The number of methoxy groups -OCH3 is 1. The van der Waals surface area contributed by atoms with Gasteiger partial charge in [-0.05, 0) is 33.8 Å². The van der Waals surface area contributed by atoms with Gasteiger partial charge in [0.05, 0.1) is 12.8 Å². The van der Waals surface area contributed by atoms with Crippen LogP contribution in [0.25, 0.3) is 0 Å². The first-order valence-electron chi connectivity index (χ1n) is 7.34. The minimum Gasteiger partial charge on any atom is -0.496 e. The van der Waals surface area contributed by atoms with Gasteiger partial charge in [-0.15, -0.1) is 0 Å². The van der Waals surface area contributed by atoms with Crippen molar-refractivity contribution in [2.24, 2.45) is 7.05 Å². The molecule has 4 nitrogen and oxygen atoms in total. The Morgan fingerprint density at radius 3 is 2.38 bits per heavy atom. The highest BCUT2D eigenvalue weighted by atomic mass is 16.5. The third-order valence-electron chi connectivity index (χ3n) is 4.10.